The first kappa shape index (κ1) is 13.1. The number of aliphatic hydroxyl groups excluding tert-OH is 1. The van der Waals surface area contributed by atoms with Gasteiger partial charge in [0.15, 0.2) is 0 Å². The van der Waals surface area contributed by atoms with E-state index in [1.54, 1.807) is 11.9 Å². The smallest absolute Gasteiger partial charge is 0.254 e. The van der Waals surface area contributed by atoms with E-state index in [4.69, 9.17) is 0 Å². The molecule has 18 heavy (non-hydrogen) atoms. The summed E-state index contributed by atoms with van der Waals surface area (Å²) in [6, 6.07) is 5.67. The van der Waals surface area contributed by atoms with Gasteiger partial charge in [0.25, 0.3) is 5.91 Å². The van der Waals surface area contributed by atoms with Gasteiger partial charge in [-0.1, -0.05) is 17.7 Å². The molecule has 1 aromatic carbocycles. The van der Waals surface area contributed by atoms with E-state index in [1.165, 1.54) is 0 Å². The van der Waals surface area contributed by atoms with E-state index in [1.807, 2.05) is 32.0 Å². The molecule has 2 rings (SSSR count). The Bertz CT molecular complexity index is 459. The van der Waals surface area contributed by atoms with Crippen LogP contribution in [-0.2, 0) is 0 Å². The molecule has 0 radical (unpaired) electrons. The van der Waals surface area contributed by atoms with Crippen molar-refractivity contribution < 1.29 is 9.90 Å². The monoisotopic (exact) mass is 248 g/mol. The van der Waals surface area contributed by atoms with Crippen molar-refractivity contribution in [1.29, 1.82) is 0 Å². The van der Waals surface area contributed by atoms with Crippen molar-refractivity contribution in [3.05, 3.63) is 34.9 Å². The van der Waals surface area contributed by atoms with Crippen LogP contribution in [0.3, 0.4) is 0 Å². The predicted octanol–water partition coefficient (Wildman–Crippen LogP) is 0.708. The molecule has 4 heteroatoms. The third-order valence-electron chi connectivity index (χ3n) is 3.58. The van der Waals surface area contributed by atoms with Crippen LogP contribution in [0.2, 0.25) is 0 Å². The fourth-order valence-electron chi connectivity index (χ4n) is 2.44. The maximum Gasteiger partial charge on any atom is 0.254 e. The predicted molar refractivity (Wildman–Crippen MR) is 70.7 cm³/mol. The summed E-state index contributed by atoms with van der Waals surface area (Å²) in [5.74, 6) is -0.0275. The van der Waals surface area contributed by atoms with Crippen LogP contribution in [0.1, 0.15) is 21.5 Å². The largest absolute Gasteiger partial charge is 0.390 e. The highest BCUT2D eigenvalue weighted by Crippen LogP contribution is 2.16. The fourth-order valence-corrected chi connectivity index (χ4v) is 2.44. The summed E-state index contributed by atoms with van der Waals surface area (Å²) < 4.78 is 0. The Morgan fingerprint density at radius 2 is 2.11 bits per heavy atom. The molecule has 0 aromatic heterocycles. The summed E-state index contributed by atoms with van der Waals surface area (Å²) >= 11 is 0. The van der Waals surface area contributed by atoms with Gasteiger partial charge in [-0.25, -0.2) is 0 Å². The van der Waals surface area contributed by atoms with Crippen LogP contribution in [0.5, 0.6) is 0 Å². The first-order chi connectivity index (χ1) is 8.50. The van der Waals surface area contributed by atoms with Gasteiger partial charge >= 0.3 is 0 Å². The van der Waals surface area contributed by atoms with Gasteiger partial charge in [0.2, 0.25) is 0 Å². The molecule has 1 heterocycles. The standard InChI is InChI=1S/C14H20N2O2/c1-9-4-5-11(10(2)6-9)14(18)16(3)12-7-15-8-13(12)17/h4-6,12-13,15,17H,7-8H2,1-3H3/t12-,13-/m0/s1. The number of hydrogen-bond acceptors (Lipinski definition) is 3. The van der Waals surface area contributed by atoms with Crippen LogP contribution in [0.25, 0.3) is 0 Å². The lowest BCUT2D eigenvalue weighted by molar-refractivity contribution is 0.0580. The Balaban J connectivity index is 2.20. The summed E-state index contributed by atoms with van der Waals surface area (Å²) in [4.78, 5) is 14.0. The molecular formula is C14H20N2O2. The van der Waals surface area contributed by atoms with E-state index < -0.39 is 6.10 Å². The molecule has 2 N–H and O–H groups in total. The van der Waals surface area contributed by atoms with E-state index >= 15 is 0 Å². The lowest BCUT2D eigenvalue weighted by atomic mass is 10.0. The molecule has 1 fully saturated rings. The maximum atomic E-state index is 12.4. The summed E-state index contributed by atoms with van der Waals surface area (Å²) in [7, 11) is 1.75. The quantitative estimate of drug-likeness (QED) is 0.810. The molecule has 1 aromatic rings. The van der Waals surface area contributed by atoms with Gasteiger partial charge in [-0.3, -0.25) is 4.79 Å². The van der Waals surface area contributed by atoms with E-state index in [2.05, 4.69) is 5.32 Å². The van der Waals surface area contributed by atoms with Crippen molar-refractivity contribution in [3.8, 4) is 0 Å². The van der Waals surface area contributed by atoms with Gasteiger partial charge in [-0.2, -0.15) is 0 Å². The summed E-state index contributed by atoms with van der Waals surface area (Å²) in [6.45, 7) is 5.15. The first-order valence-electron chi connectivity index (χ1n) is 6.24. The first-order valence-corrected chi connectivity index (χ1v) is 6.24. The highest BCUT2D eigenvalue weighted by atomic mass is 16.3. The van der Waals surface area contributed by atoms with Crippen molar-refractivity contribution in [2.24, 2.45) is 0 Å². The molecule has 0 aliphatic carbocycles. The molecule has 0 saturated carbocycles. The number of rotatable bonds is 2. The minimum Gasteiger partial charge on any atom is -0.390 e. The molecule has 1 amide bonds. The molecule has 1 aliphatic heterocycles. The summed E-state index contributed by atoms with van der Waals surface area (Å²) in [6.07, 6.45) is -0.482. The number of likely N-dealkylation sites (N-methyl/N-ethyl adjacent to an activating group) is 1. The third kappa shape index (κ3) is 2.40. The van der Waals surface area contributed by atoms with Gasteiger partial charge in [0.1, 0.15) is 0 Å². The summed E-state index contributed by atoms with van der Waals surface area (Å²) in [5, 5.41) is 12.9. The number of hydrogen-bond donors (Lipinski definition) is 2. The highest BCUT2D eigenvalue weighted by Gasteiger charge is 2.31. The number of β-amino-alcohol motifs (C(OH)–C–C–N with tert-alkyl or cyclic N) is 1. The number of carbonyl (C=O) groups is 1. The average molecular weight is 248 g/mol. The zero-order chi connectivity index (χ0) is 13.3. The maximum absolute atomic E-state index is 12.4. The zero-order valence-corrected chi connectivity index (χ0v) is 11.1. The number of amides is 1. The molecular weight excluding hydrogens is 228 g/mol. The minimum atomic E-state index is -0.482. The Labute approximate surface area is 108 Å². The molecule has 0 spiro atoms. The minimum absolute atomic E-state index is 0.0275. The van der Waals surface area contributed by atoms with Crippen LogP contribution in [-0.4, -0.2) is 48.2 Å². The number of nitrogens with zero attached hydrogens (tertiary/aromatic N) is 1. The van der Waals surface area contributed by atoms with E-state index in [0.717, 1.165) is 11.1 Å². The van der Waals surface area contributed by atoms with Gasteiger partial charge < -0.3 is 15.3 Å². The Morgan fingerprint density at radius 3 is 2.67 bits per heavy atom. The highest BCUT2D eigenvalue weighted by molar-refractivity contribution is 5.95. The Hall–Kier alpha value is -1.39. The Morgan fingerprint density at radius 1 is 1.39 bits per heavy atom. The number of aliphatic hydroxyl groups is 1. The fraction of sp³-hybridized carbons (Fsp3) is 0.500. The number of benzene rings is 1. The molecule has 1 saturated heterocycles. The molecule has 98 valence electrons. The number of nitrogens with one attached hydrogen (secondary N) is 1. The topological polar surface area (TPSA) is 52.6 Å². The van der Waals surface area contributed by atoms with Gasteiger partial charge in [0, 0.05) is 25.7 Å². The average Bonchev–Trinajstić information content (AvgIpc) is 2.74. The van der Waals surface area contributed by atoms with Gasteiger partial charge in [-0.15, -0.1) is 0 Å². The van der Waals surface area contributed by atoms with Crippen molar-refractivity contribution in [2.45, 2.75) is 26.0 Å². The van der Waals surface area contributed by atoms with Gasteiger partial charge in [0.05, 0.1) is 12.1 Å². The normalized spacial score (nSPS) is 23.1. The van der Waals surface area contributed by atoms with Crippen LogP contribution < -0.4 is 5.32 Å². The zero-order valence-electron chi connectivity index (χ0n) is 11.1. The van der Waals surface area contributed by atoms with E-state index in [0.29, 0.717) is 18.7 Å². The van der Waals surface area contributed by atoms with Crippen LogP contribution >= 0.6 is 0 Å². The number of aryl methyl sites for hydroxylation is 2. The molecule has 1 aliphatic rings. The summed E-state index contributed by atoms with van der Waals surface area (Å²) in [5.41, 5.74) is 2.84. The van der Waals surface area contributed by atoms with Crippen molar-refractivity contribution >= 4 is 5.91 Å². The second-order valence-corrected chi connectivity index (χ2v) is 5.03. The van der Waals surface area contributed by atoms with E-state index in [9.17, 15) is 9.90 Å². The lowest BCUT2D eigenvalue weighted by Gasteiger charge is -2.27. The van der Waals surface area contributed by atoms with Crippen molar-refractivity contribution in [1.82, 2.24) is 10.2 Å². The third-order valence-corrected chi connectivity index (χ3v) is 3.58. The van der Waals surface area contributed by atoms with Crippen LogP contribution in [0, 0.1) is 13.8 Å². The lowest BCUT2D eigenvalue weighted by Crippen LogP contribution is -2.44. The molecule has 0 unspecified atom stereocenters. The van der Waals surface area contributed by atoms with Crippen molar-refractivity contribution in [2.75, 3.05) is 20.1 Å². The van der Waals surface area contributed by atoms with Gasteiger partial charge in [-0.05, 0) is 25.5 Å². The molecule has 0 bridgehead atoms. The molecule has 4 nitrogen and oxygen atoms in total. The van der Waals surface area contributed by atoms with Crippen LogP contribution in [0.15, 0.2) is 18.2 Å². The Kier molecular flexibility index (Phi) is 3.68. The number of carbonyl (C=O) groups excluding carboxylic acids is 1. The SMILES string of the molecule is Cc1ccc(C(=O)N(C)[C@H]2CNC[C@@H]2O)c(C)c1. The van der Waals surface area contributed by atoms with E-state index in [-0.39, 0.29) is 11.9 Å². The van der Waals surface area contributed by atoms with Crippen molar-refractivity contribution in [3.63, 3.8) is 0 Å². The second kappa shape index (κ2) is 5.08. The van der Waals surface area contributed by atoms with Crippen LogP contribution in [0.4, 0.5) is 0 Å². The second-order valence-electron chi connectivity index (χ2n) is 5.03. The molecule has 2 atom stereocenters.